The van der Waals surface area contributed by atoms with Gasteiger partial charge in [-0.1, -0.05) is 110 Å². The van der Waals surface area contributed by atoms with Gasteiger partial charge in [0.2, 0.25) is 6.17 Å². The first kappa shape index (κ1) is 19.4. The van der Waals surface area contributed by atoms with Crippen LogP contribution >= 0.6 is 0 Å². The molecule has 0 radical (unpaired) electrons. The van der Waals surface area contributed by atoms with Crippen molar-refractivity contribution in [3.63, 3.8) is 0 Å². The number of hydrogen-bond donors (Lipinski definition) is 0. The summed E-state index contributed by atoms with van der Waals surface area (Å²) in [6, 6.07) is 21.8. The van der Waals surface area contributed by atoms with Crippen molar-refractivity contribution >= 4 is 12.4 Å². The minimum atomic E-state index is 0.365. The summed E-state index contributed by atoms with van der Waals surface area (Å²) in [5.41, 5.74) is 2.78. The molecule has 2 aromatic rings. The molecule has 27 heavy (non-hydrogen) atoms. The first-order chi connectivity index (χ1) is 13.4. The molecule has 0 amide bonds. The van der Waals surface area contributed by atoms with Crippen LogP contribution in [0.1, 0.15) is 62.5 Å². The second kappa shape index (κ2) is 10.7. The van der Waals surface area contributed by atoms with Gasteiger partial charge < -0.3 is 0 Å². The van der Waals surface area contributed by atoms with Crippen LogP contribution in [-0.2, 0) is 6.42 Å². The van der Waals surface area contributed by atoms with E-state index in [2.05, 4.69) is 77.6 Å². The van der Waals surface area contributed by atoms with Crippen LogP contribution in [0, 0.1) is 12.1 Å². The van der Waals surface area contributed by atoms with E-state index < -0.39 is 0 Å². The van der Waals surface area contributed by atoms with Gasteiger partial charge in [0.05, 0.1) is 5.92 Å². The Morgan fingerprint density at radius 2 is 1.41 bits per heavy atom. The number of unbranched alkanes of at least 4 members (excludes halogenated alkanes) is 4. The van der Waals surface area contributed by atoms with E-state index in [1.165, 1.54) is 43.2 Å². The highest BCUT2D eigenvalue weighted by atomic mass is 15.0. The Balaban J connectivity index is 1.80. The number of aliphatic imine (C=N–C) groups is 2. The molecule has 0 fully saturated rings. The van der Waals surface area contributed by atoms with Crippen molar-refractivity contribution in [3.05, 3.63) is 78.0 Å². The van der Waals surface area contributed by atoms with Crippen molar-refractivity contribution in [2.75, 3.05) is 0 Å². The average molecular weight is 360 g/mol. The lowest BCUT2D eigenvalue weighted by Gasteiger charge is -2.26. The molecule has 0 N–H and O–H groups in total. The highest BCUT2D eigenvalue weighted by molar-refractivity contribution is 6.18. The van der Waals surface area contributed by atoms with Gasteiger partial charge in [0.1, 0.15) is 0 Å². The van der Waals surface area contributed by atoms with E-state index >= 15 is 0 Å². The third-order valence-electron chi connectivity index (χ3n) is 5.44. The first-order valence-corrected chi connectivity index (χ1v) is 10.4. The zero-order valence-electron chi connectivity index (χ0n) is 16.4. The van der Waals surface area contributed by atoms with Gasteiger partial charge in [0, 0.05) is 5.92 Å². The monoisotopic (exact) mass is 359 g/mol. The molecule has 140 valence electrons. The van der Waals surface area contributed by atoms with Gasteiger partial charge in [-0.2, -0.15) is 0 Å². The largest absolute Gasteiger partial charge is 0.244 e. The fraction of sp³-hybridized carbons (Fsp3) is 0.400. The smallest absolute Gasteiger partial charge is 0.0965 e. The van der Waals surface area contributed by atoms with Crippen LogP contribution in [0.4, 0.5) is 0 Å². The Labute approximate surface area is 164 Å². The van der Waals surface area contributed by atoms with Gasteiger partial charge >= 0.3 is 0 Å². The van der Waals surface area contributed by atoms with Crippen LogP contribution in [-0.4, -0.2) is 12.4 Å². The Morgan fingerprint density at radius 1 is 0.778 bits per heavy atom. The first-order valence-electron chi connectivity index (χ1n) is 10.4. The number of hydrogen-bond acceptors (Lipinski definition) is 2. The van der Waals surface area contributed by atoms with Gasteiger partial charge in [0.15, 0.2) is 12.4 Å². The van der Waals surface area contributed by atoms with Crippen LogP contribution in [0.5, 0.6) is 0 Å². The highest BCUT2D eigenvalue weighted by Crippen LogP contribution is 2.39. The van der Waals surface area contributed by atoms with Crippen LogP contribution in [0.2, 0.25) is 0 Å². The lowest BCUT2D eigenvalue weighted by molar-refractivity contribution is 0.382. The van der Waals surface area contributed by atoms with Crippen molar-refractivity contribution < 1.29 is 0 Å². The van der Waals surface area contributed by atoms with Gasteiger partial charge in [0.25, 0.3) is 0 Å². The molecule has 2 atom stereocenters. The maximum atomic E-state index is 4.61. The second-order valence-corrected chi connectivity index (χ2v) is 7.43. The predicted molar refractivity (Wildman–Crippen MR) is 116 cm³/mol. The fourth-order valence-corrected chi connectivity index (χ4v) is 3.98. The van der Waals surface area contributed by atoms with Crippen LogP contribution < -0.4 is 0 Å². The molecule has 0 saturated heterocycles. The summed E-state index contributed by atoms with van der Waals surface area (Å²) in [4.78, 5) is 9.22. The summed E-state index contributed by atoms with van der Waals surface area (Å²) in [5, 5.41) is 0. The minimum absolute atomic E-state index is 0.365. The Hall–Kier alpha value is -2.35. The minimum Gasteiger partial charge on any atom is -0.0965 e. The zero-order valence-corrected chi connectivity index (χ0v) is 16.4. The zero-order chi connectivity index (χ0) is 18.7. The summed E-state index contributed by atoms with van der Waals surface area (Å²) in [6.07, 6.45) is 13.4. The third-order valence-corrected chi connectivity index (χ3v) is 5.44. The van der Waals surface area contributed by atoms with Gasteiger partial charge in [-0.15, -0.1) is 0 Å². The van der Waals surface area contributed by atoms with Crippen molar-refractivity contribution in [3.8, 4) is 0 Å². The van der Waals surface area contributed by atoms with Gasteiger partial charge in [-0.3, -0.25) is 0 Å². The number of rotatable bonds is 11. The van der Waals surface area contributed by atoms with Gasteiger partial charge in [-0.25, -0.2) is 0 Å². The standard InChI is InChI=1S/C25H31N2/c1-2-3-4-5-12-17-23(25-26-18-19-27-25)24(22-15-10-7-11-16-22)20-21-13-8-6-9-14-21/h6-11,13-16,18-19,23-24H,2-5,12,17,20H2,1H3/q+1. The van der Waals surface area contributed by atoms with Crippen molar-refractivity contribution in [1.29, 1.82) is 0 Å². The summed E-state index contributed by atoms with van der Waals surface area (Å²) in [7, 11) is 0. The third kappa shape index (κ3) is 5.82. The molecule has 0 aromatic heterocycles. The second-order valence-electron chi connectivity index (χ2n) is 7.43. The predicted octanol–water partition coefficient (Wildman–Crippen LogP) is 6.63. The molecule has 1 aliphatic heterocycles. The summed E-state index contributed by atoms with van der Waals surface area (Å²) < 4.78 is 0. The van der Waals surface area contributed by atoms with Crippen molar-refractivity contribution in [1.82, 2.24) is 0 Å². The average Bonchev–Trinajstić information content (AvgIpc) is 3.25. The Bertz CT molecular complexity index is 694. The summed E-state index contributed by atoms with van der Waals surface area (Å²) in [6.45, 7) is 2.27. The summed E-state index contributed by atoms with van der Waals surface area (Å²) in [5.74, 6) is 0.770. The molecule has 1 heterocycles. The molecule has 2 heteroatoms. The fourth-order valence-electron chi connectivity index (χ4n) is 3.98. The summed E-state index contributed by atoms with van der Waals surface area (Å²) >= 11 is 0. The van der Waals surface area contributed by atoms with E-state index in [9.17, 15) is 0 Å². The van der Waals surface area contributed by atoms with Gasteiger partial charge in [-0.05, 0) is 24.0 Å². The Kier molecular flexibility index (Phi) is 7.70. The normalized spacial score (nSPS) is 15.2. The lowest BCUT2D eigenvalue weighted by Crippen LogP contribution is -2.20. The van der Waals surface area contributed by atoms with E-state index in [0.29, 0.717) is 11.8 Å². The van der Waals surface area contributed by atoms with E-state index in [1.54, 1.807) is 0 Å². The van der Waals surface area contributed by atoms with Crippen molar-refractivity contribution in [2.45, 2.75) is 57.8 Å². The van der Waals surface area contributed by atoms with Crippen molar-refractivity contribution in [2.24, 2.45) is 15.9 Å². The lowest BCUT2D eigenvalue weighted by atomic mass is 9.77. The molecule has 2 aromatic carbocycles. The quantitative estimate of drug-likeness (QED) is 0.317. The molecule has 0 spiro atoms. The molecule has 0 saturated carbocycles. The number of benzene rings is 2. The molecule has 3 rings (SSSR count). The molecule has 0 aliphatic carbocycles. The SMILES string of the molecule is CCCCCCCC([C+]1N=CC=N1)C(Cc1ccccc1)c1ccccc1. The van der Waals surface area contributed by atoms with E-state index in [4.69, 9.17) is 0 Å². The van der Waals surface area contributed by atoms with E-state index in [1.807, 2.05) is 12.4 Å². The molecular formula is C25H31N2+. The number of nitrogens with zero attached hydrogens (tertiary/aromatic N) is 2. The van der Waals surface area contributed by atoms with Crippen LogP contribution in [0.25, 0.3) is 0 Å². The molecule has 2 unspecified atom stereocenters. The van der Waals surface area contributed by atoms with E-state index in [-0.39, 0.29) is 0 Å². The molecule has 2 nitrogen and oxygen atoms in total. The molecule has 0 bridgehead atoms. The Morgan fingerprint density at radius 3 is 2.07 bits per heavy atom. The van der Waals surface area contributed by atoms with Crippen LogP contribution in [0.15, 0.2) is 70.6 Å². The maximum Gasteiger partial charge on any atom is 0.244 e. The topological polar surface area (TPSA) is 24.7 Å². The molecule has 1 aliphatic rings. The van der Waals surface area contributed by atoms with Crippen LogP contribution in [0.3, 0.4) is 0 Å². The van der Waals surface area contributed by atoms with E-state index in [0.717, 1.165) is 19.0 Å². The highest BCUT2D eigenvalue weighted by Gasteiger charge is 2.36. The maximum absolute atomic E-state index is 4.61. The molecular weight excluding hydrogens is 328 g/mol.